The minimum Gasteiger partial charge on any atom is -0.456 e. The van der Waals surface area contributed by atoms with Gasteiger partial charge in [0.15, 0.2) is 17.5 Å². The molecule has 0 aliphatic heterocycles. The number of benzene rings is 9. The van der Waals surface area contributed by atoms with Crippen molar-refractivity contribution in [3.05, 3.63) is 200 Å². The summed E-state index contributed by atoms with van der Waals surface area (Å²) in [5.74, 6) is 2.85. The SMILES string of the molecule is CCc1nc2ccccc2n1-c1ccc2cc(-c3cccc4c(-c5ccccc5-c5nc(-c6ccccc6)nc(-c6ccc7c(c6)oc6ccccc67)n5)cccc34)ccc2c1. The van der Waals surface area contributed by atoms with Crippen LogP contribution in [0.15, 0.2) is 199 Å². The Hall–Kier alpha value is -8.22. The molecule has 292 valence electrons. The number of furan rings is 1. The lowest BCUT2D eigenvalue weighted by Crippen LogP contribution is -2.01. The van der Waals surface area contributed by atoms with Crippen molar-refractivity contribution in [2.45, 2.75) is 13.3 Å². The van der Waals surface area contributed by atoms with Gasteiger partial charge in [0.25, 0.3) is 0 Å². The molecule has 6 heteroatoms. The summed E-state index contributed by atoms with van der Waals surface area (Å²) in [6.07, 6.45) is 0.853. The Morgan fingerprint density at radius 3 is 1.90 bits per heavy atom. The fourth-order valence-electron chi connectivity index (χ4n) is 9.06. The third kappa shape index (κ3) is 5.95. The average Bonchev–Trinajstić information content (AvgIpc) is 3.91. The highest BCUT2D eigenvalue weighted by atomic mass is 16.3. The van der Waals surface area contributed by atoms with Crippen molar-refractivity contribution >= 4 is 54.5 Å². The maximum absolute atomic E-state index is 6.29. The molecule has 0 aliphatic carbocycles. The molecule has 0 saturated carbocycles. The number of aryl methyl sites for hydroxylation is 1. The van der Waals surface area contributed by atoms with Gasteiger partial charge in [-0.1, -0.05) is 153 Å². The first-order valence-electron chi connectivity index (χ1n) is 21.0. The molecule has 62 heavy (non-hydrogen) atoms. The smallest absolute Gasteiger partial charge is 0.164 e. The molecule has 12 rings (SSSR count). The Labute approximate surface area is 357 Å². The third-order valence-corrected chi connectivity index (χ3v) is 12.0. The molecule has 3 heterocycles. The zero-order valence-corrected chi connectivity index (χ0v) is 33.8. The van der Waals surface area contributed by atoms with Crippen LogP contribution in [0, 0.1) is 0 Å². The van der Waals surface area contributed by atoms with Crippen LogP contribution in [0.1, 0.15) is 12.7 Å². The largest absolute Gasteiger partial charge is 0.456 e. The van der Waals surface area contributed by atoms with Gasteiger partial charge in [-0.05, 0) is 92.3 Å². The lowest BCUT2D eigenvalue weighted by Gasteiger charge is -2.15. The van der Waals surface area contributed by atoms with Crippen LogP contribution in [0.4, 0.5) is 0 Å². The highest BCUT2D eigenvalue weighted by Crippen LogP contribution is 2.40. The zero-order chi connectivity index (χ0) is 41.1. The summed E-state index contributed by atoms with van der Waals surface area (Å²) >= 11 is 0. The molecule has 0 aliphatic rings. The summed E-state index contributed by atoms with van der Waals surface area (Å²) in [5, 5.41) is 6.85. The Bertz CT molecular complexity index is 3700. The quantitative estimate of drug-likeness (QED) is 0.161. The van der Waals surface area contributed by atoms with Crippen LogP contribution in [0.5, 0.6) is 0 Å². The van der Waals surface area contributed by atoms with E-state index >= 15 is 0 Å². The van der Waals surface area contributed by atoms with Crippen LogP contribution in [0.25, 0.3) is 117 Å². The van der Waals surface area contributed by atoms with Gasteiger partial charge in [0, 0.05) is 39.6 Å². The van der Waals surface area contributed by atoms with Crippen molar-refractivity contribution < 1.29 is 4.42 Å². The third-order valence-electron chi connectivity index (χ3n) is 12.0. The number of hydrogen-bond donors (Lipinski definition) is 0. The number of nitrogens with zero attached hydrogens (tertiary/aromatic N) is 5. The lowest BCUT2D eigenvalue weighted by molar-refractivity contribution is 0.669. The van der Waals surface area contributed by atoms with Gasteiger partial charge in [0.1, 0.15) is 17.0 Å². The summed E-state index contributed by atoms with van der Waals surface area (Å²) in [7, 11) is 0. The Kier molecular flexibility index (Phi) is 8.35. The van der Waals surface area contributed by atoms with Gasteiger partial charge in [-0.15, -0.1) is 0 Å². The van der Waals surface area contributed by atoms with Gasteiger partial charge in [-0.25, -0.2) is 19.9 Å². The van der Waals surface area contributed by atoms with Crippen LogP contribution < -0.4 is 0 Å². The summed E-state index contributed by atoms with van der Waals surface area (Å²) < 4.78 is 8.58. The predicted molar refractivity (Wildman–Crippen MR) is 253 cm³/mol. The van der Waals surface area contributed by atoms with Crippen molar-refractivity contribution in [2.75, 3.05) is 0 Å². The molecule has 0 saturated heterocycles. The predicted octanol–water partition coefficient (Wildman–Crippen LogP) is 14.3. The molecular weight excluding hydrogens is 759 g/mol. The van der Waals surface area contributed by atoms with Crippen LogP contribution in [-0.2, 0) is 6.42 Å². The normalized spacial score (nSPS) is 11.7. The first kappa shape index (κ1) is 35.7. The molecule has 3 aromatic heterocycles. The van der Waals surface area contributed by atoms with Crippen molar-refractivity contribution in [1.29, 1.82) is 0 Å². The van der Waals surface area contributed by atoms with Gasteiger partial charge in [0.05, 0.1) is 11.0 Å². The number of hydrogen-bond acceptors (Lipinski definition) is 5. The highest BCUT2D eigenvalue weighted by Gasteiger charge is 2.19. The Morgan fingerprint density at radius 1 is 0.403 bits per heavy atom. The molecule has 0 amide bonds. The Morgan fingerprint density at radius 2 is 1.03 bits per heavy atom. The Balaban J connectivity index is 0.963. The zero-order valence-electron chi connectivity index (χ0n) is 33.8. The maximum atomic E-state index is 6.29. The van der Waals surface area contributed by atoms with E-state index in [1.807, 2.05) is 60.7 Å². The van der Waals surface area contributed by atoms with Gasteiger partial charge in [-0.2, -0.15) is 0 Å². The van der Waals surface area contributed by atoms with Crippen LogP contribution >= 0.6 is 0 Å². The molecular formula is C56H37N5O. The molecule has 0 atom stereocenters. The van der Waals surface area contributed by atoms with Gasteiger partial charge < -0.3 is 4.42 Å². The number of aromatic nitrogens is 5. The van der Waals surface area contributed by atoms with Crippen molar-refractivity contribution in [2.24, 2.45) is 0 Å². The standard InChI is InChI=1S/C56H37N5O/c1-2-53-57-49-23-9-10-24-50(49)61(53)40-30-28-36-32-38(27-26-37(36)33-40)41-19-12-21-43-42(41)20-13-22-44(43)45-16-6-7-18-48(45)56-59-54(35-14-4-3-5-15-35)58-55(60-56)39-29-31-47-46-17-8-11-25-51(46)62-52(47)34-39/h3-34H,2H2,1H3. The van der Waals surface area contributed by atoms with E-state index in [1.54, 1.807) is 0 Å². The molecule has 0 fully saturated rings. The van der Waals surface area contributed by atoms with E-state index in [-0.39, 0.29) is 0 Å². The second kappa shape index (κ2) is 14.5. The topological polar surface area (TPSA) is 69.6 Å². The minimum atomic E-state index is 0.582. The first-order valence-corrected chi connectivity index (χ1v) is 21.0. The monoisotopic (exact) mass is 795 g/mol. The van der Waals surface area contributed by atoms with E-state index in [4.69, 9.17) is 24.4 Å². The molecule has 0 bridgehead atoms. The summed E-state index contributed by atoms with van der Waals surface area (Å²) in [6, 6.07) is 67.9. The summed E-state index contributed by atoms with van der Waals surface area (Å²) in [4.78, 5) is 20.3. The van der Waals surface area contributed by atoms with Gasteiger partial charge >= 0.3 is 0 Å². The molecule has 6 nitrogen and oxygen atoms in total. The second-order valence-corrected chi connectivity index (χ2v) is 15.7. The van der Waals surface area contributed by atoms with E-state index in [1.165, 1.54) is 27.3 Å². The molecule has 0 spiro atoms. The van der Waals surface area contributed by atoms with Gasteiger partial charge in [0.2, 0.25) is 0 Å². The number of para-hydroxylation sites is 3. The molecule has 0 unspecified atom stereocenters. The van der Waals surface area contributed by atoms with E-state index in [0.29, 0.717) is 17.5 Å². The average molecular weight is 796 g/mol. The maximum Gasteiger partial charge on any atom is 0.164 e. The van der Waals surface area contributed by atoms with Gasteiger partial charge in [-0.3, -0.25) is 4.57 Å². The molecule has 0 radical (unpaired) electrons. The molecule has 12 aromatic rings. The van der Waals surface area contributed by atoms with E-state index < -0.39 is 0 Å². The number of rotatable bonds is 7. The number of imidazole rings is 1. The fraction of sp³-hybridized carbons (Fsp3) is 0.0357. The van der Waals surface area contributed by atoms with Crippen LogP contribution in [0.2, 0.25) is 0 Å². The summed E-state index contributed by atoms with van der Waals surface area (Å²) in [6.45, 7) is 2.16. The van der Waals surface area contributed by atoms with Crippen molar-refractivity contribution in [1.82, 2.24) is 24.5 Å². The minimum absolute atomic E-state index is 0.582. The lowest BCUT2D eigenvalue weighted by atomic mass is 9.90. The van der Waals surface area contributed by atoms with Crippen LogP contribution in [0.3, 0.4) is 0 Å². The molecule has 9 aromatic carbocycles. The van der Waals surface area contributed by atoms with Crippen LogP contribution in [-0.4, -0.2) is 24.5 Å². The second-order valence-electron chi connectivity index (χ2n) is 15.7. The first-order chi connectivity index (χ1) is 30.7. The van der Waals surface area contributed by atoms with Crippen molar-refractivity contribution in [3.63, 3.8) is 0 Å². The summed E-state index contributed by atoms with van der Waals surface area (Å²) in [5.41, 5.74) is 12.1. The fourth-order valence-corrected chi connectivity index (χ4v) is 9.06. The van der Waals surface area contributed by atoms with E-state index in [2.05, 4.69) is 145 Å². The van der Waals surface area contributed by atoms with Crippen molar-refractivity contribution in [3.8, 4) is 62.1 Å². The number of fused-ring (bicyclic) bond motifs is 6. The molecule has 0 N–H and O–H groups in total. The highest BCUT2D eigenvalue weighted by molar-refractivity contribution is 6.08. The van der Waals surface area contributed by atoms with E-state index in [9.17, 15) is 0 Å². The van der Waals surface area contributed by atoms with E-state index in [0.717, 1.165) is 84.1 Å².